The third-order valence-corrected chi connectivity index (χ3v) is 9.53. The van der Waals surface area contributed by atoms with Gasteiger partial charge in [-0.1, -0.05) is 85.6 Å². The standard InChI is InChI=1S/C36H39ClFN3O5S/c1-25(2)22-39-36(43)33(20-27-8-6-5-7-9-27)40(23-28-12-15-30(38)16-13-28)35(42)24-41(32-21-29(37)14-19-34(32)46-4)47(44,45)31-17-10-26(3)11-18-31/h5-19,21,25,33H,20,22-24H2,1-4H3,(H,39,43)/t33-/m0/s1. The molecule has 0 unspecified atom stereocenters. The number of hydrogen-bond acceptors (Lipinski definition) is 5. The van der Waals surface area contributed by atoms with Crippen LogP contribution >= 0.6 is 11.6 Å². The summed E-state index contributed by atoms with van der Waals surface area (Å²) in [5.41, 5.74) is 2.27. The van der Waals surface area contributed by atoms with Gasteiger partial charge in [-0.3, -0.25) is 13.9 Å². The van der Waals surface area contributed by atoms with Gasteiger partial charge in [0.2, 0.25) is 11.8 Å². The van der Waals surface area contributed by atoms with Crippen LogP contribution in [0.15, 0.2) is 102 Å². The average Bonchev–Trinajstić information content (AvgIpc) is 3.05. The molecule has 47 heavy (non-hydrogen) atoms. The summed E-state index contributed by atoms with van der Waals surface area (Å²) in [5.74, 6) is -1.19. The molecule has 4 aromatic rings. The minimum absolute atomic E-state index is 0.0430. The Bertz CT molecular complexity index is 1770. The molecule has 0 spiro atoms. The lowest BCUT2D eigenvalue weighted by Gasteiger charge is -2.34. The van der Waals surface area contributed by atoms with Crippen LogP contribution in [0.5, 0.6) is 5.75 Å². The number of nitrogens with zero attached hydrogens (tertiary/aromatic N) is 2. The van der Waals surface area contributed by atoms with Gasteiger partial charge in [0.15, 0.2) is 0 Å². The fraction of sp³-hybridized carbons (Fsp3) is 0.278. The number of rotatable bonds is 14. The Balaban J connectivity index is 1.84. The van der Waals surface area contributed by atoms with Crippen LogP contribution in [0.1, 0.15) is 30.5 Å². The minimum Gasteiger partial charge on any atom is -0.495 e. The van der Waals surface area contributed by atoms with Crippen LogP contribution < -0.4 is 14.4 Å². The van der Waals surface area contributed by atoms with E-state index in [1.807, 2.05) is 51.1 Å². The van der Waals surface area contributed by atoms with Gasteiger partial charge in [0.1, 0.15) is 24.2 Å². The predicted octanol–water partition coefficient (Wildman–Crippen LogP) is 6.40. The Morgan fingerprint density at radius 2 is 1.57 bits per heavy atom. The molecule has 2 amide bonds. The molecular formula is C36H39ClFN3O5S. The molecule has 1 atom stereocenters. The molecule has 0 heterocycles. The van der Waals surface area contributed by atoms with Crippen molar-refractivity contribution in [3.05, 3.63) is 125 Å². The zero-order valence-corrected chi connectivity index (χ0v) is 28.4. The van der Waals surface area contributed by atoms with E-state index in [0.717, 1.165) is 15.4 Å². The van der Waals surface area contributed by atoms with Crippen LogP contribution in [0.25, 0.3) is 0 Å². The van der Waals surface area contributed by atoms with Crippen molar-refractivity contribution >= 4 is 39.1 Å². The molecule has 248 valence electrons. The normalized spacial score (nSPS) is 12.0. The quantitative estimate of drug-likeness (QED) is 0.166. The summed E-state index contributed by atoms with van der Waals surface area (Å²) < 4.78 is 48.9. The van der Waals surface area contributed by atoms with E-state index in [4.69, 9.17) is 16.3 Å². The number of carbonyl (C=O) groups is 2. The Kier molecular flexibility index (Phi) is 12.0. The number of ether oxygens (including phenoxy) is 1. The molecule has 11 heteroatoms. The van der Waals surface area contributed by atoms with Crippen molar-refractivity contribution in [2.24, 2.45) is 5.92 Å². The van der Waals surface area contributed by atoms with Gasteiger partial charge >= 0.3 is 0 Å². The second kappa shape index (κ2) is 15.9. The van der Waals surface area contributed by atoms with E-state index in [1.165, 1.54) is 60.5 Å². The van der Waals surface area contributed by atoms with E-state index in [2.05, 4.69) is 5.32 Å². The monoisotopic (exact) mass is 679 g/mol. The molecule has 0 saturated carbocycles. The number of aryl methyl sites for hydroxylation is 1. The Hall–Kier alpha value is -4.41. The van der Waals surface area contributed by atoms with Crippen molar-refractivity contribution in [1.29, 1.82) is 0 Å². The van der Waals surface area contributed by atoms with Gasteiger partial charge in [-0.25, -0.2) is 12.8 Å². The molecular weight excluding hydrogens is 641 g/mol. The number of amides is 2. The number of methoxy groups -OCH3 is 1. The van der Waals surface area contributed by atoms with Crippen LogP contribution in [0, 0.1) is 18.7 Å². The molecule has 8 nitrogen and oxygen atoms in total. The first kappa shape index (κ1) is 35.4. The van der Waals surface area contributed by atoms with E-state index in [-0.39, 0.29) is 40.2 Å². The zero-order chi connectivity index (χ0) is 34.1. The maximum Gasteiger partial charge on any atom is 0.264 e. The number of nitrogens with one attached hydrogen (secondary N) is 1. The fourth-order valence-electron chi connectivity index (χ4n) is 4.97. The molecule has 4 aromatic carbocycles. The van der Waals surface area contributed by atoms with Crippen LogP contribution in [0.4, 0.5) is 10.1 Å². The smallest absolute Gasteiger partial charge is 0.264 e. The number of halogens is 2. The molecule has 1 N–H and O–H groups in total. The largest absolute Gasteiger partial charge is 0.495 e. The third-order valence-electron chi connectivity index (χ3n) is 7.52. The lowest BCUT2D eigenvalue weighted by Crippen LogP contribution is -2.53. The summed E-state index contributed by atoms with van der Waals surface area (Å²) >= 11 is 6.34. The molecule has 0 saturated heterocycles. The van der Waals surface area contributed by atoms with Crippen molar-refractivity contribution < 1.29 is 27.1 Å². The van der Waals surface area contributed by atoms with Crippen LogP contribution in [-0.4, -0.2) is 51.4 Å². The maximum absolute atomic E-state index is 14.6. The lowest BCUT2D eigenvalue weighted by molar-refractivity contribution is -0.140. The van der Waals surface area contributed by atoms with Gasteiger partial charge in [0.25, 0.3) is 10.0 Å². The van der Waals surface area contributed by atoms with Crippen molar-refractivity contribution in [3.63, 3.8) is 0 Å². The van der Waals surface area contributed by atoms with Crippen molar-refractivity contribution in [2.45, 2.75) is 44.7 Å². The maximum atomic E-state index is 14.6. The van der Waals surface area contributed by atoms with E-state index < -0.39 is 40.2 Å². The highest BCUT2D eigenvalue weighted by Crippen LogP contribution is 2.35. The van der Waals surface area contributed by atoms with Gasteiger partial charge in [0, 0.05) is 24.5 Å². The first-order valence-corrected chi connectivity index (χ1v) is 17.0. The minimum atomic E-state index is -4.36. The number of sulfonamides is 1. The number of benzene rings is 4. The first-order valence-electron chi connectivity index (χ1n) is 15.2. The molecule has 0 aliphatic carbocycles. The topological polar surface area (TPSA) is 96.0 Å². The molecule has 0 fully saturated rings. The summed E-state index contributed by atoms with van der Waals surface area (Å²) in [6.07, 6.45) is 0.156. The summed E-state index contributed by atoms with van der Waals surface area (Å²) in [7, 11) is -2.97. The SMILES string of the molecule is COc1ccc(Cl)cc1N(CC(=O)N(Cc1ccc(F)cc1)[C@@H](Cc1ccccc1)C(=O)NCC(C)C)S(=O)(=O)c1ccc(C)cc1. The summed E-state index contributed by atoms with van der Waals surface area (Å²) in [4.78, 5) is 29.7. The first-order chi connectivity index (χ1) is 22.4. The van der Waals surface area contributed by atoms with E-state index in [1.54, 1.807) is 18.2 Å². The molecule has 0 radical (unpaired) electrons. The highest BCUT2D eigenvalue weighted by Gasteiger charge is 2.35. The summed E-state index contributed by atoms with van der Waals surface area (Å²) in [6.45, 7) is 5.35. The molecule has 4 rings (SSSR count). The van der Waals surface area contributed by atoms with Crippen LogP contribution in [0.3, 0.4) is 0 Å². The average molecular weight is 680 g/mol. The third kappa shape index (κ3) is 9.33. The van der Waals surface area contributed by atoms with E-state index in [0.29, 0.717) is 12.1 Å². The van der Waals surface area contributed by atoms with Gasteiger partial charge in [0.05, 0.1) is 17.7 Å². The highest BCUT2D eigenvalue weighted by atomic mass is 35.5. The van der Waals surface area contributed by atoms with Gasteiger partial charge in [-0.15, -0.1) is 0 Å². The van der Waals surface area contributed by atoms with Crippen molar-refractivity contribution in [2.75, 3.05) is 24.5 Å². The second-order valence-electron chi connectivity index (χ2n) is 11.6. The van der Waals surface area contributed by atoms with Crippen LogP contribution in [-0.2, 0) is 32.6 Å². The van der Waals surface area contributed by atoms with Crippen molar-refractivity contribution in [1.82, 2.24) is 10.2 Å². The van der Waals surface area contributed by atoms with E-state index >= 15 is 0 Å². The van der Waals surface area contributed by atoms with E-state index in [9.17, 15) is 22.4 Å². The Morgan fingerprint density at radius 1 is 0.915 bits per heavy atom. The zero-order valence-electron chi connectivity index (χ0n) is 26.8. The number of hydrogen-bond donors (Lipinski definition) is 1. The Labute approximate surface area is 281 Å². The molecule has 0 bridgehead atoms. The predicted molar refractivity (Wildman–Crippen MR) is 182 cm³/mol. The van der Waals surface area contributed by atoms with Gasteiger partial charge in [-0.05, 0) is 66.4 Å². The van der Waals surface area contributed by atoms with Crippen LogP contribution in [0.2, 0.25) is 5.02 Å². The second-order valence-corrected chi connectivity index (χ2v) is 13.9. The molecule has 0 aromatic heterocycles. The number of carbonyl (C=O) groups excluding carboxylic acids is 2. The summed E-state index contributed by atoms with van der Waals surface area (Å²) in [5, 5.41) is 3.17. The lowest BCUT2D eigenvalue weighted by atomic mass is 10.0. The Morgan fingerprint density at radius 3 is 2.19 bits per heavy atom. The summed E-state index contributed by atoms with van der Waals surface area (Å²) in [6, 6.07) is 24.6. The van der Waals surface area contributed by atoms with Gasteiger partial charge < -0.3 is 15.0 Å². The van der Waals surface area contributed by atoms with Crippen molar-refractivity contribution in [3.8, 4) is 5.75 Å². The molecule has 0 aliphatic heterocycles. The highest BCUT2D eigenvalue weighted by molar-refractivity contribution is 7.92. The number of anilines is 1. The molecule has 0 aliphatic rings. The fourth-order valence-corrected chi connectivity index (χ4v) is 6.55. The van der Waals surface area contributed by atoms with Gasteiger partial charge in [-0.2, -0.15) is 0 Å².